The van der Waals surface area contributed by atoms with E-state index in [1.807, 2.05) is 0 Å². The van der Waals surface area contributed by atoms with Gasteiger partial charge in [0.25, 0.3) is 0 Å². The van der Waals surface area contributed by atoms with Gasteiger partial charge in [0.2, 0.25) is 0 Å². The number of amides is 2. The van der Waals surface area contributed by atoms with E-state index in [1.54, 1.807) is 42.6 Å². The first-order chi connectivity index (χ1) is 16.2. The number of nitrogens with one attached hydrogen (secondary N) is 2. The number of carbonyl (C=O) groups is 1. The zero-order valence-corrected chi connectivity index (χ0v) is 17.7. The molecule has 4 aromatic rings. The summed E-state index contributed by atoms with van der Waals surface area (Å²) in [5.41, 5.74) is 0.389. The largest absolute Gasteiger partial charge is 0.504 e. The molecule has 0 bridgehead atoms. The number of carbonyl (C=O) groups excluding carboxylic acids is 1. The van der Waals surface area contributed by atoms with E-state index in [0.717, 1.165) is 12.1 Å². The molecular formula is C24H18F3N3O4. The molecule has 0 aliphatic rings. The molecule has 4 rings (SSSR count). The van der Waals surface area contributed by atoms with Gasteiger partial charge >= 0.3 is 12.2 Å². The number of aromatic hydroxyl groups is 1. The third kappa shape index (κ3) is 5.12. The average Bonchev–Trinajstić information content (AvgIpc) is 2.80. The van der Waals surface area contributed by atoms with Crippen LogP contribution in [0.3, 0.4) is 0 Å². The molecular weight excluding hydrogens is 451 g/mol. The molecule has 10 heteroatoms. The van der Waals surface area contributed by atoms with Gasteiger partial charge in [0, 0.05) is 29.0 Å². The number of halogens is 3. The molecule has 3 aromatic carbocycles. The number of anilines is 2. The number of rotatable bonds is 5. The number of methoxy groups -OCH3 is 1. The minimum atomic E-state index is -4.44. The van der Waals surface area contributed by atoms with Gasteiger partial charge in [0.15, 0.2) is 11.5 Å². The van der Waals surface area contributed by atoms with Crippen LogP contribution < -0.4 is 20.1 Å². The number of aromatic nitrogens is 1. The molecule has 0 aliphatic carbocycles. The van der Waals surface area contributed by atoms with Crippen molar-refractivity contribution >= 4 is 28.3 Å². The van der Waals surface area contributed by atoms with Gasteiger partial charge in [-0.25, -0.2) is 4.79 Å². The van der Waals surface area contributed by atoms with Crippen LogP contribution in [0, 0.1) is 0 Å². The topological polar surface area (TPSA) is 92.7 Å². The maximum atomic E-state index is 12.6. The lowest BCUT2D eigenvalue weighted by molar-refractivity contribution is -0.137. The molecule has 0 spiro atoms. The molecule has 0 atom stereocenters. The molecule has 0 radical (unpaired) electrons. The number of phenols is 1. The van der Waals surface area contributed by atoms with Crippen molar-refractivity contribution in [3.8, 4) is 23.0 Å². The molecule has 7 nitrogen and oxygen atoms in total. The SMILES string of the molecule is COc1cc2c(Oc3ccc(NC(=O)Nc4ccc(C(F)(F)F)cc4)cc3)ccnc2cc1O. The van der Waals surface area contributed by atoms with Gasteiger partial charge in [-0.3, -0.25) is 4.98 Å². The second kappa shape index (κ2) is 9.18. The van der Waals surface area contributed by atoms with E-state index < -0.39 is 17.8 Å². The van der Waals surface area contributed by atoms with Crippen LogP contribution in [0.25, 0.3) is 10.9 Å². The summed E-state index contributed by atoms with van der Waals surface area (Å²) in [5.74, 6) is 1.21. The van der Waals surface area contributed by atoms with E-state index >= 15 is 0 Å². The van der Waals surface area contributed by atoms with E-state index in [2.05, 4.69) is 15.6 Å². The van der Waals surface area contributed by atoms with Gasteiger partial charge < -0.3 is 25.2 Å². The second-order valence-electron chi connectivity index (χ2n) is 7.13. The van der Waals surface area contributed by atoms with Crippen molar-refractivity contribution in [2.45, 2.75) is 6.18 Å². The lowest BCUT2D eigenvalue weighted by Crippen LogP contribution is -2.19. The molecule has 1 aromatic heterocycles. The third-order valence-corrected chi connectivity index (χ3v) is 4.81. The fourth-order valence-corrected chi connectivity index (χ4v) is 3.16. The maximum Gasteiger partial charge on any atom is 0.416 e. The van der Waals surface area contributed by atoms with Crippen molar-refractivity contribution in [1.82, 2.24) is 4.98 Å². The van der Waals surface area contributed by atoms with Crippen molar-refractivity contribution in [3.05, 3.63) is 78.5 Å². The molecule has 0 aliphatic heterocycles. The zero-order valence-electron chi connectivity index (χ0n) is 17.7. The number of benzene rings is 3. The smallest absolute Gasteiger partial charge is 0.416 e. The third-order valence-electron chi connectivity index (χ3n) is 4.81. The number of alkyl halides is 3. The number of hydrogen-bond acceptors (Lipinski definition) is 5. The minimum Gasteiger partial charge on any atom is -0.504 e. The Hall–Kier alpha value is -4.47. The molecule has 3 N–H and O–H groups in total. The van der Waals surface area contributed by atoms with Gasteiger partial charge in [-0.15, -0.1) is 0 Å². The van der Waals surface area contributed by atoms with E-state index in [-0.39, 0.29) is 17.2 Å². The van der Waals surface area contributed by atoms with Crippen LogP contribution in [0.15, 0.2) is 72.9 Å². The van der Waals surface area contributed by atoms with Crippen LogP contribution in [0.1, 0.15) is 5.56 Å². The molecule has 174 valence electrons. The Morgan fingerprint density at radius 3 is 2.12 bits per heavy atom. The second-order valence-corrected chi connectivity index (χ2v) is 7.13. The Labute approximate surface area is 191 Å². The number of urea groups is 1. The number of phenolic OH excluding ortho intramolecular Hbond substituents is 1. The number of hydrogen-bond donors (Lipinski definition) is 3. The van der Waals surface area contributed by atoms with E-state index in [0.29, 0.717) is 28.1 Å². The van der Waals surface area contributed by atoms with Gasteiger partial charge in [0.05, 0.1) is 18.2 Å². The number of fused-ring (bicyclic) bond motifs is 1. The molecule has 0 unspecified atom stereocenters. The predicted molar refractivity (Wildman–Crippen MR) is 121 cm³/mol. The first-order valence-corrected chi connectivity index (χ1v) is 9.92. The fourth-order valence-electron chi connectivity index (χ4n) is 3.16. The summed E-state index contributed by atoms with van der Waals surface area (Å²) < 4.78 is 49.0. The maximum absolute atomic E-state index is 12.6. The summed E-state index contributed by atoms with van der Waals surface area (Å²) in [6, 6.07) is 14.8. The quantitative estimate of drug-likeness (QED) is 0.314. The highest BCUT2D eigenvalue weighted by atomic mass is 19.4. The molecule has 0 saturated carbocycles. The Bertz CT molecular complexity index is 1320. The summed E-state index contributed by atoms with van der Waals surface area (Å²) in [6.07, 6.45) is -2.90. The Morgan fingerprint density at radius 2 is 1.53 bits per heavy atom. The molecule has 0 saturated heterocycles. The van der Waals surface area contributed by atoms with Gasteiger partial charge in [-0.05, 0) is 60.7 Å². The monoisotopic (exact) mass is 469 g/mol. The Kier molecular flexibility index (Phi) is 6.13. The molecule has 34 heavy (non-hydrogen) atoms. The van der Waals surface area contributed by atoms with Crippen molar-refractivity contribution in [1.29, 1.82) is 0 Å². The molecule has 2 amide bonds. The van der Waals surface area contributed by atoms with E-state index in [1.165, 1.54) is 25.3 Å². The van der Waals surface area contributed by atoms with Crippen molar-refractivity contribution in [2.24, 2.45) is 0 Å². The summed E-state index contributed by atoms with van der Waals surface area (Å²) >= 11 is 0. The number of pyridine rings is 1. The van der Waals surface area contributed by atoms with E-state index in [4.69, 9.17) is 9.47 Å². The van der Waals surface area contributed by atoms with Gasteiger partial charge in [-0.1, -0.05) is 0 Å². The minimum absolute atomic E-state index is 0.0374. The summed E-state index contributed by atoms with van der Waals surface area (Å²) in [4.78, 5) is 16.4. The first-order valence-electron chi connectivity index (χ1n) is 9.92. The summed E-state index contributed by atoms with van der Waals surface area (Å²) in [6.45, 7) is 0. The highest BCUT2D eigenvalue weighted by molar-refractivity contribution is 5.99. The van der Waals surface area contributed by atoms with Gasteiger partial charge in [0.1, 0.15) is 11.5 Å². The zero-order chi connectivity index (χ0) is 24.3. The normalized spacial score (nSPS) is 11.2. The molecule has 0 fully saturated rings. The lowest BCUT2D eigenvalue weighted by Gasteiger charge is -2.12. The van der Waals surface area contributed by atoms with Crippen LogP contribution >= 0.6 is 0 Å². The number of nitrogens with zero attached hydrogens (tertiary/aromatic N) is 1. The van der Waals surface area contributed by atoms with Crippen LogP contribution in [0.4, 0.5) is 29.3 Å². The van der Waals surface area contributed by atoms with Crippen LogP contribution in [0.2, 0.25) is 0 Å². The van der Waals surface area contributed by atoms with Crippen LogP contribution in [-0.4, -0.2) is 23.2 Å². The van der Waals surface area contributed by atoms with Crippen LogP contribution in [-0.2, 0) is 6.18 Å². The van der Waals surface area contributed by atoms with Crippen LogP contribution in [0.5, 0.6) is 23.0 Å². The first kappa shape index (κ1) is 22.7. The highest BCUT2D eigenvalue weighted by Crippen LogP contribution is 2.36. The fraction of sp³-hybridized carbons (Fsp3) is 0.0833. The highest BCUT2D eigenvalue weighted by Gasteiger charge is 2.30. The lowest BCUT2D eigenvalue weighted by atomic mass is 10.2. The summed E-state index contributed by atoms with van der Waals surface area (Å²) in [5, 5.41) is 15.6. The van der Waals surface area contributed by atoms with Crippen molar-refractivity contribution in [3.63, 3.8) is 0 Å². The average molecular weight is 469 g/mol. The van der Waals surface area contributed by atoms with Crippen molar-refractivity contribution < 1.29 is 32.5 Å². The summed E-state index contributed by atoms with van der Waals surface area (Å²) in [7, 11) is 1.44. The number of ether oxygens (including phenoxy) is 2. The Morgan fingerprint density at radius 1 is 0.912 bits per heavy atom. The standard InChI is InChI=1S/C24H18F3N3O4/c1-33-22-12-18-19(13-20(22)31)28-11-10-21(18)34-17-8-6-16(7-9-17)30-23(32)29-15-4-2-14(3-5-15)24(25,26)27/h2-13,31H,1H3,(H2,29,30,32). The van der Waals surface area contributed by atoms with Gasteiger partial charge in [-0.2, -0.15) is 13.2 Å². The Balaban J connectivity index is 1.42. The van der Waals surface area contributed by atoms with Crippen molar-refractivity contribution in [2.75, 3.05) is 17.7 Å². The molecule has 1 heterocycles. The predicted octanol–water partition coefficient (Wildman–Crippen LogP) is 6.40. The van der Waals surface area contributed by atoms with E-state index in [9.17, 15) is 23.1 Å².